The number of fused-ring (bicyclic) bond motifs is 1. The minimum atomic E-state index is -0.258. The van der Waals surface area contributed by atoms with E-state index < -0.39 is 0 Å². The standard InChI is InChI=1S/C25H25N7O2/c1-3-23(33)26-18-6-4-17(5-7-18)24-27-21-15-19(32-10-12-34-13-11-32)8-9-20(21)25(29-24)28-22-14-16(2)30-31-22/h3-9,14-15H,1,10-13H2,2H3,(H,26,33)(H2,27,28,29,30,31). The van der Waals surface area contributed by atoms with Crippen molar-refractivity contribution >= 4 is 39.8 Å². The number of ether oxygens (including phenoxy) is 1. The second kappa shape index (κ2) is 9.32. The molecule has 4 aromatic rings. The van der Waals surface area contributed by atoms with Crippen molar-refractivity contribution in [2.45, 2.75) is 6.92 Å². The van der Waals surface area contributed by atoms with Crippen molar-refractivity contribution in [3.63, 3.8) is 0 Å². The molecule has 1 fully saturated rings. The molecule has 5 rings (SSSR count). The number of hydrogen-bond donors (Lipinski definition) is 3. The maximum atomic E-state index is 11.6. The molecular weight excluding hydrogens is 430 g/mol. The van der Waals surface area contributed by atoms with Crippen molar-refractivity contribution in [1.82, 2.24) is 20.2 Å². The van der Waals surface area contributed by atoms with Crippen molar-refractivity contribution in [3.8, 4) is 11.4 Å². The van der Waals surface area contributed by atoms with Crippen molar-refractivity contribution in [1.29, 1.82) is 0 Å². The van der Waals surface area contributed by atoms with Crippen LogP contribution in [0.15, 0.2) is 61.2 Å². The van der Waals surface area contributed by atoms with E-state index in [1.807, 2.05) is 43.3 Å². The lowest BCUT2D eigenvalue weighted by atomic mass is 10.1. The summed E-state index contributed by atoms with van der Waals surface area (Å²) >= 11 is 0. The van der Waals surface area contributed by atoms with E-state index in [2.05, 4.69) is 44.4 Å². The molecule has 3 N–H and O–H groups in total. The predicted octanol–water partition coefficient (Wildman–Crippen LogP) is 4.03. The number of carbonyl (C=O) groups excluding carboxylic acids is 1. The van der Waals surface area contributed by atoms with Crippen molar-refractivity contribution in [3.05, 3.63) is 66.9 Å². The van der Waals surface area contributed by atoms with Gasteiger partial charge < -0.3 is 20.3 Å². The molecule has 0 radical (unpaired) electrons. The minimum Gasteiger partial charge on any atom is -0.378 e. The molecule has 0 saturated carbocycles. The van der Waals surface area contributed by atoms with Gasteiger partial charge in [0.05, 0.1) is 18.7 Å². The Bertz CT molecular complexity index is 1340. The molecule has 2 aromatic heterocycles. The molecule has 0 atom stereocenters. The first-order valence-corrected chi connectivity index (χ1v) is 11.1. The van der Waals surface area contributed by atoms with Crippen LogP contribution in [0.5, 0.6) is 0 Å². The van der Waals surface area contributed by atoms with E-state index in [9.17, 15) is 4.79 Å². The van der Waals surface area contributed by atoms with Gasteiger partial charge in [-0.15, -0.1) is 0 Å². The predicted molar refractivity (Wildman–Crippen MR) is 133 cm³/mol. The largest absolute Gasteiger partial charge is 0.378 e. The van der Waals surface area contributed by atoms with Gasteiger partial charge in [0.1, 0.15) is 5.82 Å². The fourth-order valence-electron chi connectivity index (χ4n) is 3.86. The van der Waals surface area contributed by atoms with Gasteiger partial charge in [-0.1, -0.05) is 6.58 Å². The Morgan fingerprint density at radius 1 is 1.12 bits per heavy atom. The van der Waals surface area contributed by atoms with E-state index in [-0.39, 0.29) is 5.91 Å². The van der Waals surface area contributed by atoms with Gasteiger partial charge in [0.25, 0.3) is 0 Å². The van der Waals surface area contributed by atoms with Gasteiger partial charge in [-0.3, -0.25) is 9.89 Å². The normalized spacial score (nSPS) is 13.6. The molecule has 0 unspecified atom stereocenters. The highest BCUT2D eigenvalue weighted by atomic mass is 16.5. The van der Waals surface area contributed by atoms with Crippen LogP contribution < -0.4 is 15.5 Å². The zero-order valence-electron chi connectivity index (χ0n) is 18.8. The first-order valence-electron chi connectivity index (χ1n) is 11.1. The van der Waals surface area contributed by atoms with Gasteiger partial charge in [-0.05, 0) is 55.5 Å². The fourth-order valence-corrected chi connectivity index (χ4v) is 3.86. The number of rotatable bonds is 6. The Labute approximate surface area is 196 Å². The number of hydrogen-bond acceptors (Lipinski definition) is 7. The number of amides is 1. The Morgan fingerprint density at radius 2 is 1.91 bits per heavy atom. The first kappa shape index (κ1) is 21.6. The second-order valence-electron chi connectivity index (χ2n) is 8.03. The Hall–Kier alpha value is -4.24. The average Bonchev–Trinajstić information content (AvgIpc) is 3.28. The van der Waals surface area contributed by atoms with Crippen LogP contribution in [0, 0.1) is 6.92 Å². The summed E-state index contributed by atoms with van der Waals surface area (Å²) in [4.78, 5) is 23.6. The summed E-state index contributed by atoms with van der Waals surface area (Å²) in [6.07, 6.45) is 1.24. The number of aromatic amines is 1. The number of aryl methyl sites for hydroxylation is 1. The molecule has 3 heterocycles. The first-order chi connectivity index (χ1) is 16.6. The van der Waals surface area contributed by atoms with Crippen LogP contribution in [-0.4, -0.2) is 52.4 Å². The maximum absolute atomic E-state index is 11.6. The van der Waals surface area contributed by atoms with Crippen LogP contribution in [0.1, 0.15) is 5.69 Å². The minimum absolute atomic E-state index is 0.258. The summed E-state index contributed by atoms with van der Waals surface area (Å²) in [5.41, 5.74) is 4.39. The molecule has 0 aliphatic carbocycles. The zero-order valence-corrected chi connectivity index (χ0v) is 18.8. The number of carbonyl (C=O) groups is 1. The molecule has 0 bridgehead atoms. The molecular formula is C25H25N7O2. The third-order valence-corrected chi connectivity index (χ3v) is 5.61. The molecule has 1 aliphatic heterocycles. The Balaban J connectivity index is 1.55. The molecule has 34 heavy (non-hydrogen) atoms. The van der Waals surface area contributed by atoms with Crippen molar-refractivity contribution in [2.24, 2.45) is 0 Å². The van der Waals surface area contributed by atoms with E-state index >= 15 is 0 Å². The molecule has 1 saturated heterocycles. The third kappa shape index (κ3) is 4.60. The average molecular weight is 456 g/mol. The molecule has 1 amide bonds. The lowest BCUT2D eigenvalue weighted by Gasteiger charge is -2.29. The maximum Gasteiger partial charge on any atom is 0.247 e. The summed E-state index contributed by atoms with van der Waals surface area (Å²) in [5.74, 6) is 1.67. The van der Waals surface area contributed by atoms with Gasteiger partial charge in [0, 0.05) is 47.2 Å². The van der Waals surface area contributed by atoms with E-state index in [0.29, 0.717) is 36.4 Å². The Kier molecular flexibility index (Phi) is 5.92. The second-order valence-corrected chi connectivity index (χ2v) is 8.03. The molecule has 0 spiro atoms. The quantitative estimate of drug-likeness (QED) is 0.377. The summed E-state index contributed by atoms with van der Waals surface area (Å²) in [6.45, 7) is 8.55. The molecule has 9 heteroatoms. The SMILES string of the molecule is C=CC(=O)Nc1ccc(-c2nc(Nc3cc(C)[nH]n3)c3ccc(N4CCOCC4)cc3n2)cc1. The molecule has 9 nitrogen and oxygen atoms in total. The number of anilines is 4. The highest BCUT2D eigenvalue weighted by Gasteiger charge is 2.15. The smallest absolute Gasteiger partial charge is 0.247 e. The summed E-state index contributed by atoms with van der Waals surface area (Å²) < 4.78 is 5.50. The highest BCUT2D eigenvalue weighted by molar-refractivity contribution is 5.99. The lowest BCUT2D eigenvalue weighted by molar-refractivity contribution is -0.111. The number of benzene rings is 2. The Morgan fingerprint density at radius 3 is 2.62 bits per heavy atom. The van der Waals surface area contributed by atoms with Crippen molar-refractivity contribution in [2.75, 3.05) is 41.8 Å². The van der Waals surface area contributed by atoms with Crippen LogP contribution in [0.3, 0.4) is 0 Å². The lowest BCUT2D eigenvalue weighted by Crippen LogP contribution is -2.36. The summed E-state index contributed by atoms with van der Waals surface area (Å²) in [5, 5.41) is 14.2. The highest BCUT2D eigenvalue weighted by Crippen LogP contribution is 2.30. The van der Waals surface area contributed by atoms with Gasteiger partial charge >= 0.3 is 0 Å². The van der Waals surface area contributed by atoms with Crippen LogP contribution in [-0.2, 0) is 9.53 Å². The van der Waals surface area contributed by atoms with Gasteiger partial charge in [0.2, 0.25) is 5.91 Å². The zero-order chi connectivity index (χ0) is 23.5. The van der Waals surface area contributed by atoms with Gasteiger partial charge in [-0.2, -0.15) is 5.10 Å². The number of nitrogens with one attached hydrogen (secondary N) is 3. The molecule has 2 aromatic carbocycles. The van der Waals surface area contributed by atoms with E-state index in [1.54, 1.807) is 0 Å². The molecule has 1 aliphatic rings. The summed E-state index contributed by atoms with van der Waals surface area (Å²) in [7, 11) is 0. The van der Waals surface area contributed by atoms with Crippen LogP contribution in [0.25, 0.3) is 22.3 Å². The van der Waals surface area contributed by atoms with E-state index in [4.69, 9.17) is 14.7 Å². The van der Waals surface area contributed by atoms with E-state index in [1.165, 1.54) is 6.08 Å². The van der Waals surface area contributed by atoms with E-state index in [0.717, 1.165) is 40.9 Å². The monoisotopic (exact) mass is 455 g/mol. The topological polar surface area (TPSA) is 108 Å². The fraction of sp³-hybridized carbons (Fsp3) is 0.200. The number of H-pyrrole nitrogens is 1. The third-order valence-electron chi connectivity index (χ3n) is 5.61. The van der Waals surface area contributed by atoms with Crippen molar-refractivity contribution < 1.29 is 9.53 Å². The molecule has 172 valence electrons. The number of aromatic nitrogens is 4. The number of morpholine rings is 1. The van der Waals surface area contributed by atoms with Crippen LogP contribution in [0.4, 0.5) is 23.0 Å². The van der Waals surface area contributed by atoms with Gasteiger partial charge in [0.15, 0.2) is 11.6 Å². The van der Waals surface area contributed by atoms with Crippen LogP contribution >= 0.6 is 0 Å². The van der Waals surface area contributed by atoms with Gasteiger partial charge in [-0.25, -0.2) is 9.97 Å². The summed E-state index contributed by atoms with van der Waals surface area (Å²) in [6, 6.07) is 15.5. The number of nitrogens with zero attached hydrogens (tertiary/aromatic N) is 4. The van der Waals surface area contributed by atoms with Crippen LogP contribution in [0.2, 0.25) is 0 Å².